The quantitative estimate of drug-likeness (QED) is 0.483. The first-order valence-electron chi connectivity index (χ1n) is 8.55. The molecule has 0 spiro atoms. The lowest BCUT2D eigenvalue weighted by Crippen LogP contribution is -2.35. The van der Waals surface area contributed by atoms with Crippen molar-refractivity contribution in [3.05, 3.63) is 64.1 Å². The number of hydrogen-bond donors (Lipinski definition) is 1. The first-order valence-corrected chi connectivity index (χ1v) is 8.93. The second kappa shape index (κ2) is 7.58. The van der Waals surface area contributed by atoms with Crippen molar-refractivity contribution in [1.29, 1.82) is 0 Å². The summed E-state index contributed by atoms with van der Waals surface area (Å²) < 4.78 is 5.71. The maximum atomic E-state index is 12.7. The fraction of sp³-hybridized carbons (Fsp3) is 0.300. The lowest BCUT2D eigenvalue weighted by atomic mass is 9.99. The van der Waals surface area contributed by atoms with Crippen molar-refractivity contribution in [2.45, 2.75) is 13.0 Å². The van der Waals surface area contributed by atoms with Gasteiger partial charge < -0.3 is 19.3 Å². The van der Waals surface area contributed by atoms with Gasteiger partial charge in [0.1, 0.15) is 23.3 Å². The minimum Gasteiger partial charge on any atom is -0.507 e. The molecule has 1 unspecified atom stereocenters. The highest BCUT2D eigenvalue weighted by atomic mass is 35.5. The molecule has 1 amide bonds. The topological polar surface area (TPSA) is 74.0 Å². The number of Topliss-reactive ketones (excluding diaryl/α,β-unsaturated/α-hetero) is 1. The number of likely N-dealkylation sites (N-methyl/N-ethyl adjacent to an activating group) is 1. The molecule has 7 heteroatoms. The lowest BCUT2D eigenvalue weighted by Gasteiger charge is -2.24. The fourth-order valence-corrected chi connectivity index (χ4v) is 3.20. The third-order valence-corrected chi connectivity index (χ3v) is 4.73. The molecule has 1 N–H and O–H groups in total. The van der Waals surface area contributed by atoms with Crippen LogP contribution in [0.3, 0.4) is 0 Å². The smallest absolute Gasteiger partial charge is 0.295 e. The minimum atomic E-state index is -0.769. The number of rotatable bonds is 5. The van der Waals surface area contributed by atoms with Crippen LogP contribution in [0.15, 0.2) is 46.4 Å². The summed E-state index contributed by atoms with van der Waals surface area (Å²) in [6.07, 6.45) is 0. The molecule has 27 heavy (non-hydrogen) atoms. The van der Waals surface area contributed by atoms with Crippen LogP contribution in [0.1, 0.15) is 23.1 Å². The summed E-state index contributed by atoms with van der Waals surface area (Å²) in [5, 5.41) is 11.3. The first-order chi connectivity index (χ1) is 12.8. The average Bonchev–Trinajstić information content (AvgIpc) is 3.15. The van der Waals surface area contributed by atoms with E-state index in [9.17, 15) is 14.7 Å². The monoisotopic (exact) mass is 388 g/mol. The van der Waals surface area contributed by atoms with E-state index >= 15 is 0 Å². The molecule has 3 rings (SSSR count). The third kappa shape index (κ3) is 3.77. The highest BCUT2D eigenvalue weighted by molar-refractivity contribution is 6.46. The first kappa shape index (κ1) is 19.2. The van der Waals surface area contributed by atoms with Crippen molar-refractivity contribution in [3.8, 4) is 0 Å². The molecule has 142 valence electrons. The molecular weight excluding hydrogens is 368 g/mol. The number of aryl methyl sites for hydroxylation is 1. The van der Waals surface area contributed by atoms with Crippen LogP contribution >= 0.6 is 11.6 Å². The van der Waals surface area contributed by atoms with Crippen LogP contribution in [0.25, 0.3) is 5.76 Å². The van der Waals surface area contributed by atoms with Gasteiger partial charge in [-0.2, -0.15) is 0 Å². The Morgan fingerprint density at radius 3 is 2.41 bits per heavy atom. The van der Waals surface area contributed by atoms with Crippen LogP contribution in [0.5, 0.6) is 0 Å². The zero-order valence-corrected chi connectivity index (χ0v) is 16.2. The lowest BCUT2D eigenvalue weighted by molar-refractivity contribution is -0.140. The fourth-order valence-electron chi connectivity index (χ4n) is 3.08. The maximum Gasteiger partial charge on any atom is 0.295 e. The van der Waals surface area contributed by atoms with Crippen LogP contribution in [0.4, 0.5) is 0 Å². The minimum absolute atomic E-state index is 0.0235. The molecule has 1 aliphatic heterocycles. The summed E-state index contributed by atoms with van der Waals surface area (Å²) in [6.45, 7) is 2.69. The average molecular weight is 389 g/mol. The molecule has 2 aromatic rings. The molecular formula is C20H21ClN2O4. The molecule has 1 aromatic carbocycles. The summed E-state index contributed by atoms with van der Waals surface area (Å²) in [5.41, 5.74) is 0.439. The van der Waals surface area contributed by atoms with Gasteiger partial charge in [0.05, 0.1) is 5.57 Å². The second-order valence-corrected chi connectivity index (χ2v) is 7.19. The summed E-state index contributed by atoms with van der Waals surface area (Å²) in [4.78, 5) is 28.8. The number of hydrogen-bond acceptors (Lipinski definition) is 5. The molecule has 0 saturated carbocycles. The van der Waals surface area contributed by atoms with Gasteiger partial charge in [-0.3, -0.25) is 9.59 Å². The summed E-state index contributed by atoms with van der Waals surface area (Å²) in [6, 6.07) is 9.17. The Morgan fingerprint density at radius 2 is 1.85 bits per heavy atom. The second-order valence-electron chi connectivity index (χ2n) is 6.75. The SMILES string of the molecule is Cc1ccc(C2/C(=C(\O)c3ccc(Cl)cc3)C(=O)C(=O)N2CCN(C)C)o1. The molecule has 1 aliphatic rings. The molecule has 1 fully saturated rings. The zero-order valence-electron chi connectivity index (χ0n) is 15.4. The zero-order chi connectivity index (χ0) is 19.7. The van der Waals surface area contributed by atoms with Gasteiger partial charge in [0.25, 0.3) is 11.7 Å². The number of carbonyl (C=O) groups excluding carboxylic acids is 2. The largest absolute Gasteiger partial charge is 0.507 e. The van der Waals surface area contributed by atoms with Gasteiger partial charge in [0.15, 0.2) is 0 Å². The van der Waals surface area contributed by atoms with Crippen molar-refractivity contribution in [2.24, 2.45) is 0 Å². The highest BCUT2D eigenvalue weighted by Crippen LogP contribution is 2.39. The predicted octanol–water partition coefficient (Wildman–Crippen LogP) is 3.22. The Bertz CT molecular complexity index is 899. The summed E-state index contributed by atoms with van der Waals surface area (Å²) in [5.74, 6) is -0.501. The number of aliphatic hydroxyl groups excluding tert-OH is 1. The van der Waals surface area contributed by atoms with Crippen molar-refractivity contribution in [3.63, 3.8) is 0 Å². The Kier molecular flexibility index (Phi) is 5.39. The normalized spacial score (nSPS) is 19.3. The Hall–Kier alpha value is -2.57. The predicted molar refractivity (Wildman–Crippen MR) is 102 cm³/mol. The molecule has 6 nitrogen and oxygen atoms in total. The third-order valence-electron chi connectivity index (χ3n) is 4.48. The molecule has 1 atom stereocenters. The van der Waals surface area contributed by atoms with Gasteiger partial charge in [-0.25, -0.2) is 0 Å². The van der Waals surface area contributed by atoms with Gasteiger partial charge in [0, 0.05) is 23.7 Å². The van der Waals surface area contributed by atoms with E-state index in [1.165, 1.54) is 4.90 Å². The number of halogens is 1. The number of nitrogens with zero attached hydrogens (tertiary/aromatic N) is 2. The molecule has 2 heterocycles. The highest BCUT2D eigenvalue weighted by Gasteiger charge is 2.47. The molecule has 1 aromatic heterocycles. The van der Waals surface area contributed by atoms with E-state index in [1.54, 1.807) is 43.3 Å². The number of amides is 1. The van der Waals surface area contributed by atoms with E-state index in [1.807, 2.05) is 19.0 Å². The number of carbonyl (C=O) groups is 2. The Labute approximate surface area is 162 Å². The van der Waals surface area contributed by atoms with Crippen LogP contribution in [-0.2, 0) is 9.59 Å². The molecule has 0 aliphatic carbocycles. The van der Waals surface area contributed by atoms with E-state index in [-0.39, 0.29) is 11.3 Å². The van der Waals surface area contributed by atoms with Crippen molar-refractivity contribution in [2.75, 3.05) is 27.2 Å². The van der Waals surface area contributed by atoms with E-state index in [2.05, 4.69) is 0 Å². The van der Waals surface area contributed by atoms with Gasteiger partial charge in [-0.05, 0) is 57.4 Å². The van der Waals surface area contributed by atoms with Crippen LogP contribution in [-0.4, -0.2) is 53.8 Å². The van der Waals surface area contributed by atoms with Crippen LogP contribution in [0.2, 0.25) is 5.02 Å². The van der Waals surface area contributed by atoms with Gasteiger partial charge in [-0.15, -0.1) is 0 Å². The summed E-state index contributed by atoms with van der Waals surface area (Å²) >= 11 is 5.90. The van der Waals surface area contributed by atoms with Crippen molar-refractivity contribution < 1.29 is 19.1 Å². The number of benzene rings is 1. The Balaban J connectivity index is 2.11. The molecule has 1 saturated heterocycles. The Morgan fingerprint density at radius 1 is 1.19 bits per heavy atom. The standard InChI is InChI=1S/C20H21ClN2O4/c1-12-4-9-15(27-12)17-16(18(24)13-5-7-14(21)8-6-13)19(25)20(26)23(17)11-10-22(2)3/h4-9,17,24H,10-11H2,1-3H3/b18-16+. The van der Waals surface area contributed by atoms with Gasteiger partial charge in [-0.1, -0.05) is 11.6 Å². The van der Waals surface area contributed by atoms with Crippen LogP contribution in [0, 0.1) is 6.92 Å². The number of likely N-dealkylation sites (tertiary alicyclic amines) is 1. The van der Waals surface area contributed by atoms with E-state index in [0.29, 0.717) is 35.2 Å². The number of aliphatic hydroxyl groups is 1. The summed E-state index contributed by atoms with van der Waals surface area (Å²) in [7, 11) is 3.77. The molecule has 0 bridgehead atoms. The number of furan rings is 1. The van der Waals surface area contributed by atoms with E-state index < -0.39 is 17.7 Å². The molecule has 0 radical (unpaired) electrons. The van der Waals surface area contributed by atoms with Crippen molar-refractivity contribution in [1.82, 2.24) is 9.80 Å². The van der Waals surface area contributed by atoms with Crippen molar-refractivity contribution >= 4 is 29.1 Å². The van der Waals surface area contributed by atoms with Crippen LogP contribution < -0.4 is 0 Å². The van der Waals surface area contributed by atoms with E-state index in [4.69, 9.17) is 16.0 Å². The number of ketones is 1. The van der Waals surface area contributed by atoms with E-state index in [0.717, 1.165) is 0 Å². The maximum absolute atomic E-state index is 12.7. The van der Waals surface area contributed by atoms with Gasteiger partial charge >= 0.3 is 0 Å². The van der Waals surface area contributed by atoms with Gasteiger partial charge in [0.2, 0.25) is 0 Å².